The number of amides is 1. The minimum atomic E-state index is -0.104. The number of hydrogen-bond acceptors (Lipinski definition) is 5. The Hall–Kier alpha value is -3.16. The van der Waals surface area contributed by atoms with E-state index in [9.17, 15) is 4.79 Å². The number of aromatic nitrogens is 2. The van der Waals surface area contributed by atoms with Gasteiger partial charge in [-0.1, -0.05) is 19.9 Å². The number of anilines is 1. The molecule has 0 fully saturated rings. The molecule has 0 aliphatic carbocycles. The zero-order valence-corrected chi connectivity index (χ0v) is 19.6. The maximum Gasteiger partial charge on any atom is 0.244 e. The lowest BCUT2D eigenvalue weighted by atomic mass is 10.0. The van der Waals surface area contributed by atoms with Crippen molar-refractivity contribution in [1.82, 2.24) is 20.2 Å². The van der Waals surface area contributed by atoms with E-state index in [4.69, 9.17) is 5.73 Å². The molecule has 6 nitrogen and oxygen atoms in total. The van der Waals surface area contributed by atoms with Crippen molar-refractivity contribution in [3.63, 3.8) is 0 Å². The molecule has 0 aliphatic heterocycles. The lowest BCUT2D eigenvalue weighted by Gasteiger charge is -2.17. The molecule has 0 saturated carbocycles. The molecule has 0 unspecified atom stereocenters. The second-order valence-corrected chi connectivity index (χ2v) is 8.74. The van der Waals surface area contributed by atoms with Crippen molar-refractivity contribution in [2.75, 3.05) is 31.9 Å². The number of aromatic amines is 1. The third kappa shape index (κ3) is 4.54. The second-order valence-electron chi connectivity index (χ2n) is 7.86. The number of fused-ring (bicyclic) bond motifs is 2. The Morgan fingerprint density at radius 1 is 1.28 bits per heavy atom. The molecule has 4 aromatic rings. The van der Waals surface area contributed by atoms with Crippen molar-refractivity contribution >= 4 is 50.1 Å². The molecule has 32 heavy (non-hydrogen) atoms. The lowest BCUT2D eigenvalue weighted by molar-refractivity contribution is -0.116. The van der Waals surface area contributed by atoms with E-state index in [0.717, 1.165) is 57.6 Å². The summed E-state index contributed by atoms with van der Waals surface area (Å²) in [6, 6.07) is 8.51. The molecule has 166 valence electrons. The predicted octanol–water partition coefficient (Wildman–Crippen LogP) is 4.81. The number of H-pyrrole nitrogens is 1. The number of nitrogens with one attached hydrogen (secondary N) is 2. The quantitative estimate of drug-likeness (QED) is 0.338. The molecule has 1 amide bonds. The summed E-state index contributed by atoms with van der Waals surface area (Å²) in [4.78, 5) is 22.3. The number of rotatable bonds is 8. The highest BCUT2D eigenvalue weighted by Gasteiger charge is 2.14. The van der Waals surface area contributed by atoms with Crippen molar-refractivity contribution in [3.05, 3.63) is 53.2 Å². The zero-order chi connectivity index (χ0) is 22.7. The maximum atomic E-state index is 12.3. The Morgan fingerprint density at radius 3 is 2.88 bits per heavy atom. The van der Waals surface area contributed by atoms with E-state index in [0.29, 0.717) is 12.4 Å². The van der Waals surface area contributed by atoms with Gasteiger partial charge < -0.3 is 20.9 Å². The summed E-state index contributed by atoms with van der Waals surface area (Å²) >= 11 is 1.62. The number of nitrogens with zero attached hydrogens (tertiary/aromatic N) is 2. The number of likely N-dealkylation sites (N-methyl/N-ethyl adjacent to an activating group) is 1. The van der Waals surface area contributed by atoms with Gasteiger partial charge in [0.2, 0.25) is 5.91 Å². The van der Waals surface area contributed by atoms with Crippen LogP contribution in [-0.4, -0.2) is 47.0 Å². The average molecular weight is 448 g/mol. The van der Waals surface area contributed by atoms with Gasteiger partial charge in [0.25, 0.3) is 0 Å². The molecule has 7 heteroatoms. The molecule has 0 spiro atoms. The summed E-state index contributed by atoms with van der Waals surface area (Å²) in [5, 5.41) is 7.17. The second kappa shape index (κ2) is 9.54. The molecule has 0 aliphatic rings. The van der Waals surface area contributed by atoms with E-state index in [-0.39, 0.29) is 5.91 Å². The lowest BCUT2D eigenvalue weighted by Crippen LogP contribution is -2.34. The fourth-order valence-corrected chi connectivity index (χ4v) is 5.04. The number of carbonyl (C=O) groups excluding carboxylic acids is 1. The minimum Gasteiger partial charge on any atom is -0.383 e. The monoisotopic (exact) mass is 447 g/mol. The van der Waals surface area contributed by atoms with E-state index in [1.165, 1.54) is 5.39 Å². The highest BCUT2D eigenvalue weighted by Crippen LogP contribution is 2.39. The van der Waals surface area contributed by atoms with Gasteiger partial charge in [0, 0.05) is 63.2 Å². The maximum absolute atomic E-state index is 12.3. The molecule has 0 atom stereocenters. The highest BCUT2D eigenvalue weighted by molar-refractivity contribution is 7.18. The number of pyridine rings is 1. The third-order valence-electron chi connectivity index (χ3n) is 5.75. The fraction of sp³-hybridized carbons (Fsp3) is 0.280. The van der Waals surface area contributed by atoms with Crippen molar-refractivity contribution in [3.8, 4) is 11.1 Å². The number of carbonyl (C=O) groups is 1. The normalized spacial score (nSPS) is 11.9. The molecule has 3 heterocycles. The Balaban J connectivity index is 1.58. The molecule has 3 aromatic heterocycles. The van der Waals surface area contributed by atoms with Gasteiger partial charge in [-0.2, -0.15) is 0 Å². The molecular weight excluding hydrogens is 418 g/mol. The molecule has 0 radical (unpaired) electrons. The first-order chi connectivity index (χ1) is 15.5. The smallest absolute Gasteiger partial charge is 0.244 e. The van der Waals surface area contributed by atoms with Crippen LogP contribution >= 0.6 is 11.3 Å². The Labute approximate surface area is 192 Å². The van der Waals surface area contributed by atoms with Gasteiger partial charge in [0.05, 0.1) is 0 Å². The van der Waals surface area contributed by atoms with Gasteiger partial charge >= 0.3 is 0 Å². The predicted molar refractivity (Wildman–Crippen MR) is 136 cm³/mol. The highest BCUT2D eigenvalue weighted by atomic mass is 32.1. The van der Waals surface area contributed by atoms with Crippen LogP contribution in [0.4, 0.5) is 5.82 Å². The summed E-state index contributed by atoms with van der Waals surface area (Å²) in [6.45, 7) is 9.74. The first-order valence-electron chi connectivity index (χ1n) is 10.9. The van der Waals surface area contributed by atoms with E-state index >= 15 is 0 Å². The fourth-order valence-electron chi connectivity index (χ4n) is 3.96. The Morgan fingerprint density at radius 2 is 2.09 bits per heavy atom. The number of thiophene rings is 1. The van der Waals surface area contributed by atoms with E-state index in [2.05, 4.69) is 70.6 Å². The van der Waals surface area contributed by atoms with Crippen molar-refractivity contribution < 1.29 is 4.79 Å². The van der Waals surface area contributed by atoms with Crippen LogP contribution in [0, 0.1) is 6.92 Å². The number of nitrogens with two attached hydrogens (primary N) is 1. The van der Waals surface area contributed by atoms with Gasteiger partial charge in [0.15, 0.2) is 0 Å². The molecule has 0 saturated heterocycles. The first-order valence-corrected chi connectivity index (χ1v) is 11.8. The summed E-state index contributed by atoms with van der Waals surface area (Å²) in [5.41, 5.74) is 11.6. The number of aryl methyl sites for hydroxylation is 1. The number of hydrogen-bond donors (Lipinski definition) is 3. The topological polar surface area (TPSA) is 87.0 Å². The molecule has 4 rings (SSSR count). The van der Waals surface area contributed by atoms with Crippen LogP contribution in [0.2, 0.25) is 0 Å². The Bertz CT molecular complexity index is 1280. The van der Waals surface area contributed by atoms with Crippen LogP contribution in [-0.2, 0) is 4.79 Å². The number of nitrogen functional groups attached to an aromatic ring is 1. The van der Waals surface area contributed by atoms with Crippen molar-refractivity contribution in [2.45, 2.75) is 20.8 Å². The van der Waals surface area contributed by atoms with Crippen LogP contribution in [0.25, 0.3) is 38.2 Å². The molecule has 0 bridgehead atoms. The third-order valence-corrected chi connectivity index (χ3v) is 6.78. The van der Waals surface area contributed by atoms with E-state index < -0.39 is 0 Å². The van der Waals surface area contributed by atoms with Gasteiger partial charge in [-0.15, -0.1) is 11.3 Å². The van der Waals surface area contributed by atoms with Crippen LogP contribution in [0.3, 0.4) is 0 Å². The molecular formula is C25H29N5OS. The van der Waals surface area contributed by atoms with Gasteiger partial charge in [-0.25, -0.2) is 4.98 Å². The summed E-state index contributed by atoms with van der Waals surface area (Å²) in [6.07, 6.45) is 5.12. The van der Waals surface area contributed by atoms with E-state index in [1.54, 1.807) is 23.6 Å². The summed E-state index contributed by atoms with van der Waals surface area (Å²) < 4.78 is 1.03. The standard InChI is InChI=1S/C25H29N5OS/c1-4-30(5-2)11-10-27-22(31)9-7-18-14-28-25(26)23-20(15-32-24(18)23)17-6-8-21-19(13-17)12-16(3)29-21/h6-9,12-15,29H,4-5,10-11H2,1-3H3,(H2,26,28)(H,27,31)/b9-7+. The van der Waals surface area contributed by atoms with Crippen LogP contribution < -0.4 is 11.1 Å². The van der Waals surface area contributed by atoms with Gasteiger partial charge in [-0.3, -0.25) is 4.79 Å². The largest absolute Gasteiger partial charge is 0.383 e. The minimum absolute atomic E-state index is 0.104. The van der Waals surface area contributed by atoms with Gasteiger partial charge in [-0.05, 0) is 55.2 Å². The Kier molecular flexibility index (Phi) is 6.58. The zero-order valence-electron chi connectivity index (χ0n) is 18.7. The molecule has 4 N–H and O–H groups in total. The summed E-state index contributed by atoms with van der Waals surface area (Å²) in [5.74, 6) is 0.398. The summed E-state index contributed by atoms with van der Waals surface area (Å²) in [7, 11) is 0. The average Bonchev–Trinajstić information content (AvgIpc) is 3.39. The van der Waals surface area contributed by atoms with Crippen molar-refractivity contribution in [2.24, 2.45) is 0 Å². The van der Waals surface area contributed by atoms with Gasteiger partial charge in [0.1, 0.15) is 5.82 Å². The van der Waals surface area contributed by atoms with E-state index in [1.807, 2.05) is 6.08 Å². The van der Waals surface area contributed by atoms with Crippen LogP contribution in [0.5, 0.6) is 0 Å². The van der Waals surface area contributed by atoms with Crippen LogP contribution in [0.1, 0.15) is 25.1 Å². The first kappa shape index (κ1) is 22.0. The van der Waals surface area contributed by atoms with Crippen molar-refractivity contribution in [1.29, 1.82) is 0 Å². The SMILES string of the molecule is CCN(CC)CCNC(=O)/C=C/c1cnc(N)c2c(-c3ccc4[nH]c(C)cc4c3)csc12. The number of benzene rings is 1. The van der Waals surface area contributed by atoms with Crippen LogP contribution in [0.15, 0.2) is 41.9 Å². The molecule has 1 aromatic carbocycles.